The number of aromatic amines is 1. The van der Waals surface area contributed by atoms with E-state index in [-0.39, 0.29) is 16.6 Å². The lowest BCUT2D eigenvalue weighted by molar-refractivity contribution is 0.339. The molecular formula is C19H23N3O4S. The van der Waals surface area contributed by atoms with Crippen molar-refractivity contribution in [3.63, 3.8) is 0 Å². The molecule has 0 spiro atoms. The van der Waals surface area contributed by atoms with E-state index in [9.17, 15) is 9.90 Å². The third-order valence-electron chi connectivity index (χ3n) is 5.24. The summed E-state index contributed by atoms with van der Waals surface area (Å²) in [5.41, 5.74) is 1.36. The highest BCUT2D eigenvalue weighted by Crippen LogP contribution is 2.48. The predicted molar refractivity (Wildman–Crippen MR) is 106 cm³/mol. The summed E-state index contributed by atoms with van der Waals surface area (Å²) in [6, 6.07) is 3.81. The molecule has 2 aromatic rings. The van der Waals surface area contributed by atoms with Crippen LogP contribution in [0, 0.1) is 0 Å². The highest BCUT2D eigenvalue weighted by Gasteiger charge is 2.33. The number of fused-ring (bicyclic) bond motifs is 1. The first-order chi connectivity index (χ1) is 13.0. The molecule has 2 heterocycles. The Kier molecular flexibility index (Phi) is 4.67. The summed E-state index contributed by atoms with van der Waals surface area (Å²) in [6.07, 6.45) is 4.47. The molecule has 1 aromatic carbocycles. The van der Waals surface area contributed by atoms with Crippen LogP contribution < -0.4 is 15.0 Å². The van der Waals surface area contributed by atoms with Crippen LogP contribution in [-0.2, 0) is 0 Å². The molecule has 0 radical (unpaired) electrons. The normalized spacial score (nSPS) is 19.7. The average molecular weight is 389 g/mol. The minimum atomic E-state index is -0.243. The van der Waals surface area contributed by atoms with Crippen LogP contribution in [-0.4, -0.2) is 34.2 Å². The Morgan fingerprint density at radius 3 is 2.44 bits per heavy atom. The van der Waals surface area contributed by atoms with Crippen LogP contribution in [0.3, 0.4) is 0 Å². The number of phenols is 1. The van der Waals surface area contributed by atoms with Gasteiger partial charge >= 0.3 is 0 Å². The molecule has 0 amide bonds. The smallest absolute Gasteiger partial charge is 0.271 e. The van der Waals surface area contributed by atoms with E-state index in [0.717, 1.165) is 29.3 Å². The molecule has 0 saturated heterocycles. The van der Waals surface area contributed by atoms with Crippen molar-refractivity contribution in [2.24, 2.45) is 4.99 Å². The lowest BCUT2D eigenvalue weighted by Crippen LogP contribution is -2.13. The zero-order valence-electron chi connectivity index (χ0n) is 15.6. The monoisotopic (exact) mass is 389 g/mol. The number of phenolic OH excluding ortho intramolecular Hbond substituents is 1. The third kappa shape index (κ3) is 3.01. The average Bonchev–Trinajstić information content (AvgIpc) is 3.29. The first kappa shape index (κ1) is 18.0. The summed E-state index contributed by atoms with van der Waals surface area (Å²) in [6.45, 7) is 1.95. The number of hydrogen-bond acceptors (Lipinski definition) is 6. The van der Waals surface area contributed by atoms with Crippen LogP contribution in [0.1, 0.15) is 55.0 Å². The van der Waals surface area contributed by atoms with E-state index in [2.05, 4.69) is 10.1 Å². The highest BCUT2D eigenvalue weighted by atomic mass is 32.2. The largest absolute Gasteiger partial charge is 0.502 e. The number of nitrogens with one attached hydrogen (secondary N) is 1. The third-order valence-corrected chi connectivity index (χ3v) is 6.42. The van der Waals surface area contributed by atoms with Crippen LogP contribution in [0.15, 0.2) is 21.9 Å². The molecule has 27 heavy (non-hydrogen) atoms. The minimum absolute atomic E-state index is 0.0485. The van der Waals surface area contributed by atoms with Crippen molar-refractivity contribution in [3.05, 3.63) is 33.6 Å². The minimum Gasteiger partial charge on any atom is -0.502 e. The second kappa shape index (κ2) is 6.99. The van der Waals surface area contributed by atoms with Crippen LogP contribution in [0.2, 0.25) is 0 Å². The molecule has 2 aliphatic rings. The molecule has 144 valence electrons. The fourth-order valence-corrected chi connectivity index (χ4v) is 5.02. The standard InChI is InChI=1S/C19H23N3O4S/c1-10-20-18-15(19(24)21-22(18)12-6-4-5-7-12)17(27-10)11-8-13(25-2)16(23)14(9-11)26-3/h8-9,12,17,23H,4-7H2,1-3H3,(H,21,24). The highest BCUT2D eigenvalue weighted by molar-refractivity contribution is 8.14. The summed E-state index contributed by atoms with van der Waals surface area (Å²) >= 11 is 1.52. The number of ether oxygens (including phenoxy) is 2. The van der Waals surface area contributed by atoms with Gasteiger partial charge in [0.05, 0.1) is 36.1 Å². The quantitative estimate of drug-likeness (QED) is 0.828. The molecule has 2 N–H and O–H groups in total. The van der Waals surface area contributed by atoms with Crippen molar-refractivity contribution < 1.29 is 14.6 Å². The van der Waals surface area contributed by atoms with Crippen LogP contribution in [0.25, 0.3) is 0 Å². The fraction of sp³-hybridized carbons (Fsp3) is 0.474. The van der Waals surface area contributed by atoms with Gasteiger partial charge in [0, 0.05) is 0 Å². The van der Waals surface area contributed by atoms with Gasteiger partial charge in [-0.15, -0.1) is 0 Å². The number of methoxy groups -OCH3 is 2. The number of benzene rings is 1. The molecule has 8 heteroatoms. The van der Waals surface area contributed by atoms with Crippen molar-refractivity contribution in [2.75, 3.05) is 14.2 Å². The topological polar surface area (TPSA) is 88.8 Å². The van der Waals surface area contributed by atoms with E-state index in [1.807, 2.05) is 11.6 Å². The van der Waals surface area contributed by atoms with Gasteiger partial charge < -0.3 is 14.6 Å². The summed E-state index contributed by atoms with van der Waals surface area (Å²) in [7, 11) is 2.99. The van der Waals surface area contributed by atoms with Gasteiger partial charge in [0.25, 0.3) is 5.56 Å². The lowest BCUT2D eigenvalue weighted by atomic mass is 10.0. The van der Waals surface area contributed by atoms with Gasteiger partial charge in [-0.1, -0.05) is 24.6 Å². The molecule has 4 rings (SSSR count). The molecule has 7 nitrogen and oxygen atoms in total. The number of aromatic hydroxyl groups is 1. The van der Waals surface area contributed by atoms with Crippen LogP contribution in [0.5, 0.6) is 17.2 Å². The molecule has 1 atom stereocenters. The van der Waals surface area contributed by atoms with E-state index in [4.69, 9.17) is 9.47 Å². The van der Waals surface area contributed by atoms with Crippen molar-refractivity contribution in [3.8, 4) is 17.2 Å². The molecule has 1 aliphatic heterocycles. The SMILES string of the molecule is COc1cc(C2SC(C)=Nc3c2c(=O)[nH]n3C2CCCC2)cc(OC)c1O. The first-order valence-corrected chi connectivity index (χ1v) is 9.92. The molecule has 0 bridgehead atoms. The van der Waals surface area contributed by atoms with Gasteiger partial charge in [-0.3, -0.25) is 14.6 Å². The molecule has 1 saturated carbocycles. The maximum atomic E-state index is 12.8. The number of nitrogens with zero attached hydrogens (tertiary/aromatic N) is 2. The Labute approximate surface area is 161 Å². The second-order valence-corrected chi connectivity index (χ2v) is 8.19. The number of hydrogen-bond donors (Lipinski definition) is 2. The Morgan fingerprint density at radius 1 is 1.22 bits per heavy atom. The number of H-pyrrole nitrogens is 1. The van der Waals surface area contributed by atoms with Crippen molar-refractivity contribution in [1.29, 1.82) is 0 Å². The van der Waals surface area contributed by atoms with E-state index in [0.29, 0.717) is 23.1 Å². The zero-order chi connectivity index (χ0) is 19.1. The number of rotatable bonds is 4. The van der Waals surface area contributed by atoms with Crippen LogP contribution in [0.4, 0.5) is 5.82 Å². The summed E-state index contributed by atoms with van der Waals surface area (Å²) in [4.78, 5) is 17.5. The van der Waals surface area contributed by atoms with E-state index < -0.39 is 0 Å². The Hall–Kier alpha value is -2.35. The molecule has 1 fully saturated rings. The van der Waals surface area contributed by atoms with E-state index >= 15 is 0 Å². The van der Waals surface area contributed by atoms with Gasteiger partial charge in [-0.05, 0) is 37.5 Å². The van der Waals surface area contributed by atoms with Gasteiger partial charge in [0.1, 0.15) is 0 Å². The summed E-state index contributed by atoms with van der Waals surface area (Å²) in [5.74, 6) is 1.31. The number of aliphatic imine (C=N–C) groups is 1. The first-order valence-electron chi connectivity index (χ1n) is 9.04. The van der Waals surface area contributed by atoms with Gasteiger partial charge in [-0.25, -0.2) is 4.99 Å². The number of thioether (sulfide) groups is 1. The molecule has 1 aliphatic carbocycles. The Balaban J connectivity index is 1.86. The van der Waals surface area contributed by atoms with Crippen LogP contribution >= 0.6 is 11.8 Å². The maximum absolute atomic E-state index is 12.8. The van der Waals surface area contributed by atoms with E-state index in [1.165, 1.54) is 38.8 Å². The Morgan fingerprint density at radius 2 is 1.85 bits per heavy atom. The van der Waals surface area contributed by atoms with Crippen molar-refractivity contribution in [1.82, 2.24) is 9.78 Å². The van der Waals surface area contributed by atoms with Crippen molar-refractivity contribution >= 4 is 22.6 Å². The maximum Gasteiger partial charge on any atom is 0.271 e. The molecule has 1 unspecified atom stereocenters. The molecule has 1 aromatic heterocycles. The summed E-state index contributed by atoms with van der Waals surface area (Å²) in [5, 5.41) is 13.9. The van der Waals surface area contributed by atoms with Gasteiger partial charge in [0.15, 0.2) is 17.3 Å². The van der Waals surface area contributed by atoms with E-state index in [1.54, 1.807) is 12.1 Å². The zero-order valence-corrected chi connectivity index (χ0v) is 16.4. The number of aromatic nitrogens is 2. The predicted octanol–water partition coefficient (Wildman–Crippen LogP) is 3.90. The summed E-state index contributed by atoms with van der Waals surface area (Å²) < 4.78 is 12.5. The fourth-order valence-electron chi connectivity index (χ4n) is 3.94. The van der Waals surface area contributed by atoms with Gasteiger partial charge in [0.2, 0.25) is 5.75 Å². The van der Waals surface area contributed by atoms with Crippen molar-refractivity contribution in [2.45, 2.75) is 43.9 Å². The molecular weight excluding hydrogens is 366 g/mol. The second-order valence-electron chi connectivity index (χ2n) is 6.89. The Bertz CT molecular complexity index is 931. The van der Waals surface area contributed by atoms with Gasteiger partial charge in [-0.2, -0.15) is 0 Å². The lowest BCUT2D eigenvalue weighted by Gasteiger charge is -2.23.